The van der Waals surface area contributed by atoms with E-state index in [2.05, 4.69) is 52.1 Å². The Labute approximate surface area is 168 Å². The first-order chi connectivity index (χ1) is 12.9. The van der Waals surface area contributed by atoms with Gasteiger partial charge in [0.1, 0.15) is 6.54 Å². The largest absolute Gasteiger partial charge is 0.356 e. The number of amides is 1. The van der Waals surface area contributed by atoms with Crippen LogP contribution in [0.1, 0.15) is 30.6 Å². The Morgan fingerprint density at radius 3 is 2.56 bits per heavy atom. The first-order valence-corrected chi connectivity index (χ1v) is 10.7. The maximum atomic E-state index is 11.9. The van der Waals surface area contributed by atoms with Crippen LogP contribution < -0.4 is 10.6 Å². The van der Waals surface area contributed by atoms with Gasteiger partial charge in [0.15, 0.2) is 5.96 Å². The van der Waals surface area contributed by atoms with Crippen LogP contribution in [0.4, 0.5) is 0 Å². The Morgan fingerprint density at radius 2 is 1.96 bits per heavy atom. The third-order valence-corrected chi connectivity index (χ3v) is 6.00. The monoisotopic (exact) mass is 393 g/mol. The Hall–Kier alpha value is -1.60. The number of nitrogens with one attached hydrogen (secondary N) is 2. The maximum absolute atomic E-state index is 11.9. The van der Waals surface area contributed by atoms with Gasteiger partial charge in [0.05, 0.1) is 0 Å². The zero-order valence-corrected chi connectivity index (χ0v) is 18.1. The highest BCUT2D eigenvalue weighted by Crippen LogP contribution is 2.37. The Morgan fingerprint density at radius 1 is 1.22 bits per heavy atom. The van der Waals surface area contributed by atoms with Crippen LogP contribution in [0.2, 0.25) is 0 Å². The number of likely N-dealkylation sites (N-methyl/N-ethyl adjacent to an activating group) is 1. The minimum absolute atomic E-state index is 0.0122. The molecular formula is C20H35N5OS. The van der Waals surface area contributed by atoms with Gasteiger partial charge in [-0.2, -0.15) is 0 Å². The van der Waals surface area contributed by atoms with Crippen molar-refractivity contribution in [3.63, 3.8) is 0 Å². The Bertz CT molecular complexity index is 592. The van der Waals surface area contributed by atoms with E-state index in [4.69, 9.17) is 0 Å². The van der Waals surface area contributed by atoms with Gasteiger partial charge < -0.3 is 20.4 Å². The molecule has 1 amide bonds. The third kappa shape index (κ3) is 7.50. The second kappa shape index (κ2) is 10.7. The van der Waals surface area contributed by atoms with E-state index in [0.717, 1.165) is 32.0 Å². The van der Waals surface area contributed by atoms with E-state index >= 15 is 0 Å². The van der Waals surface area contributed by atoms with Crippen molar-refractivity contribution in [2.24, 2.45) is 10.4 Å². The van der Waals surface area contributed by atoms with Crippen LogP contribution in [0.15, 0.2) is 22.5 Å². The van der Waals surface area contributed by atoms with Gasteiger partial charge in [-0.25, -0.2) is 4.99 Å². The van der Waals surface area contributed by atoms with Crippen molar-refractivity contribution in [1.82, 2.24) is 20.4 Å². The van der Waals surface area contributed by atoms with E-state index in [0.29, 0.717) is 5.41 Å². The first kappa shape index (κ1) is 21.7. The SMILES string of the molecule is CN(C)CC1(CNC(=NCC(=O)N(C)C)NCCc2cccs2)CCCC1. The topological polar surface area (TPSA) is 60.0 Å². The molecule has 0 saturated heterocycles. The molecule has 1 heterocycles. The number of guanidine groups is 1. The number of hydrogen-bond donors (Lipinski definition) is 2. The fraction of sp³-hybridized carbons (Fsp3) is 0.700. The van der Waals surface area contributed by atoms with Crippen molar-refractivity contribution < 1.29 is 4.79 Å². The molecule has 6 nitrogen and oxygen atoms in total. The van der Waals surface area contributed by atoms with E-state index in [1.54, 1.807) is 30.3 Å². The molecule has 0 aromatic carbocycles. The van der Waals surface area contributed by atoms with Gasteiger partial charge in [0.2, 0.25) is 5.91 Å². The number of carbonyl (C=O) groups is 1. The lowest BCUT2D eigenvalue weighted by Gasteiger charge is -2.33. The molecule has 1 aliphatic carbocycles. The first-order valence-electron chi connectivity index (χ1n) is 9.80. The molecule has 1 aliphatic rings. The lowest BCUT2D eigenvalue weighted by Crippen LogP contribution is -2.47. The molecule has 0 radical (unpaired) electrons. The van der Waals surface area contributed by atoms with Gasteiger partial charge in [-0.3, -0.25) is 4.79 Å². The molecule has 2 rings (SSSR count). The van der Waals surface area contributed by atoms with Crippen LogP contribution >= 0.6 is 11.3 Å². The Balaban J connectivity index is 1.94. The molecule has 1 saturated carbocycles. The van der Waals surface area contributed by atoms with E-state index in [1.165, 1.54) is 30.6 Å². The molecular weight excluding hydrogens is 358 g/mol. The second-order valence-corrected chi connectivity index (χ2v) is 9.04. The Kier molecular flexibility index (Phi) is 8.57. The van der Waals surface area contributed by atoms with Crippen LogP contribution in [0.25, 0.3) is 0 Å². The molecule has 1 fully saturated rings. The predicted octanol–water partition coefficient (Wildman–Crippen LogP) is 2.04. The number of thiophene rings is 1. The van der Waals surface area contributed by atoms with Crippen molar-refractivity contribution >= 4 is 23.2 Å². The van der Waals surface area contributed by atoms with E-state index < -0.39 is 0 Å². The van der Waals surface area contributed by atoms with Gasteiger partial charge >= 0.3 is 0 Å². The summed E-state index contributed by atoms with van der Waals surface area (Å²) in [6.07, 6.45) is 6.05. The van der Waals surface area contributed by atoms with Gasteiger partial charge in [0.25, 0.3) is 0 Å². The van der Waals surface area contributed by atoms with Gasteiger partial charge in [-0.1, -0.05) is 18.9 Å². The standard InChI is InChI=1S/C20H35N5OS/c1-24(2)16-20(10-5-6-11-20)15-23-19(22-14-18(26)25(3)4)21-12-9-17-8-7-13-27-17/h7-8,13H,5-6,9-12,14-16H2,1-4H3,(H2,21,22,23). The summed E-state index contributed by atoms with van der Waals surface area (Å²) in [7, 11) is 7.81. The maximum Gasteiger partial charge on any atom is 0.243 e. The van der Waals surface area contributed by atoms with Gasteiger partial charge in [0, 0.05) is 44.0 Å². The van der Waals surface area contributed by atoms with E-state index in [9.17, 15) is 4.79 Å². The smallest absolute Gasteiger partial charge is 0.243 e. The lowest BCUT2D eigenvalue weighted by atomic mass is 9.85. The van der Waals surface area contributed by atoms with Crippen LogP contribution in [0.5, 0.6) is 0 Å². The number of aliphatic imine (C=N–C) groups is 1. The average molecular weight is 394 g/mol. The van der Waals surface area contributed by atoms with Crippen molar-refractivity contribution in [2.75, 3.05) is 54.4 Å². The zero-order valence-electron chi connectivity index (χ0n) is 17.3. The summed E-state index contributed by atoms with van der Waals surface area (Å²) < 4.78 is 0. The van der Waals surface area contributed by atoms with Gasteiger partial charge in [-0.05, 0) is 44.8 Å². The minimum atomic E-state index is 0.0122. The molecule has 0 aliphatic heterocycles. The number of hydrogen-bond acceptors (Lipinski definition) is 4. The van der Waals surface area contributed by atoms with Crippen LogP contribution in [0.3, 0.4) is 0 Å². The van der Waals surface area contributed by atoms with Crippen molar-refractivity contribution in [1.29, 1.82) is 0 Å². The summed E-state index contributed by atoms with van der Waals surface area (Å²) in [6.45, 7) is 2.95. The lowest BCUT2D eigenvalue weighted by molar-refractivity contribution is -0.127. The molecule has 0 atom stereocenters. The fourth-order valence-corrected chi connectivity index (χ4v) is 4.39. The molecule has 7 heteroatoms. The normalized spacial score (nSPS) is 16.6. The predicted molar refractivity (Wildman–Crippen MR) is 114 cm³/mol. The summed E-state index contributed by atoms with van der Waals surface area (Å²) in [5.41, 5.74) is 0.297. The number of carbonyl (C=O) groups excluding carboxylic acids is 1. The zero-order chi connectivity index (χ0) is 19.7. The second-order valence-electron chi connectivity index (χ2n) is 8.01. The number of nitrogens with zero attached hydrogens (tertiary/aromatic N) is 3. The molecule has 2 N–H and O–H groups in total. The minimum Gasteiger partial charge on any atom is -0.356 e. The van der Waals surface area contributed by atoms with Crippen molar-refractivity contribution in [3.05, 3.63) is 22.4 Å². The molecule has 0 spiro atoms. The van der Waals surface area contributed by atoms with Crippen LogP contribution in [-0.2, 0) is 11.2 Å². The summed E-state index contributed by atoms with van der Waals surface area (Å²) in [5.74, 6) is 0.755. The highest BCUT2D eigenvalue weighted by Gasteiger charge is 2.34. The quantitative estimate of drug-likeness (QED) is 0.498. The van der Waals surface area contributed by atoms with Gasteiger partial charge in [-0.15, -0.1) is 11.3 Å². The highest BCUT2D eigenvalue weighted by molar-refractivity contribution is 7.09. The fourth-order valence-electron chi connectivity index (χ4n) is 3.68. The molecule has 0 unspecified atom stereocenters. The summed E-state index contributed by atoms with van der Waals surface area (Å²) in [4.78, 5) is 21.7. The van der Waals surface area contributed by atoms with Crippen molar-refractivity contribution in [3.8, 4) is 0 Å². The molecule has 1 aromatic heterocycles. The summed E-state index contributed by atoms with van der Waals surface area (Å²) in [6, 6.07) is 4.23. The third-order valence-electron chi connectivity index (χ3n) is 5.06. The average Bonchev–Trinajstić information content (AvgIpc) is 3.28. The summed E-state index contributed by atoms with van der Waals surface area (Å²) >= 11 is 1.77. The highest BCUT2D eigenvalue weighted by atomic mass is 32.1. The van der Waals surface area contributed by atoms with E-state index in [1.807, 2.05) is 0 Å². The van der Waals surface area contributed by atoms with E-state index in [-0.39, 0.29) is 12.5 Å². The van der Waals surface area contributed by atoms with Crippen LogP contribution in [-0.4, -0.2) is 76.0 Å². The molecule has 1 aromatic rings. The molecule has 0 bridgehead atoms. The summed E-state index contributed by atoms with van der Waals surface area (Å²) in [5, 5.41) is 9.04. The number of rotatable bonds is 9. The van der Waals surface area contributed by atoms with Crippen LogP contribution in [0, 0.1) is 5.41 Å². The van der Waals surface area contributed by atoms with Crippen molar-refractivity contribution in [2.45, 2.75) is 32.1 Å². The molecule has 27 heavy (non-hydrogen) atoms. The molecule has 152 valence electrons.